The van der Waals surface area contributed by atoms with Crippen molar-refractivity contribution in [3.63, 3.8) is 0 Å². The summed E-state index contributed by atoms with van der Waals surface area (Å²) in [5.74, 6) is -0.0904. The van der Waals surface area contributed by atoms with Crippen LogP contribution in [0.25, 0.3) is 0 Å². The molecule has 0 atom stereocenters. The van der Waals surface area contributed by atoms with Crippen LogP contribution < -0.4 is 0 Å². The average molecular weight is 198 g/mol. The predicted octanol–water partition coefficient (Wildman–Crippen LogP) is 1.68. The van der Waals surface area contributed by atoms with Gasteiger partial charge in [-0.05, 0) is 18.2 Å². The number of hydrogen-bond donors (Lipinski definition) is 1. The number of aromatic carboxylic acids is 1. The molecule has 0 aliphatic carbocycles. The van der Waals surface area contributed by atoms with Crippen molar-refractivity contribution < 1.29 is 9.90 Å². The Labute approximate surface area is 80.4 Å². The molecule has 1 N–H and O–H groups in total. The van der Waals surface area contributed by atoms with Crippen molar-refractivity contribution in [3.8, 4) is 0 Å². The predicted molar refractivity (Wildman–Crippen MR) is 50.0 cm³/mol. The van der Waals surface area contributed by atoms with Crippen molar-refractivity contribution in [2.24, 2.45) is 0 Å². The molecular weight excluding hydrogens is 188 g/mol. The Morgan fingerprint density at radius 3 is 3.08 bits per heavy atom. The molecule has 0 radical (unpaired) electrons. The van der Waals surface area contributed by atoms with Crippen LogP contribution >= 0.6 is 11.8 Å². The van der Waals surface area contributed by atoms with Crippen LogP contribution in [0, 0.1) is 0 Å². The largest absolute Gasteiger partial charge is 0.478 e. The molecule has 1 aromatic rings. The second-order valence-corrected chi connectivity index (χ2v) is 3.49. The molecule has 0 aliphatic rings. The van der Waals surface area contributed by atoms with Crippen molar-refractivity contribution in [2.75, 3.05) is 5.75 Å². The minimum Gasteiger partial charge on any atom is -0.478 e. The molecule has 1 aromatic heterocycles. The number of hydrogen-bond acceptors (Lipinski definition) is 4. The lowest BCUT2D eigenvalue weighted by atomic mass is 10.3. The Bertz CT molecular complexity index is 304. The summed E-state index contributed by atoms with van der Waals surface area (Å²) in [6.07, 6.45) is 2.37. The SMILES string of the molecule is CCCSc1nnccc1C(=O)O. The van der Waals surface area contributed by atoms with Gasteiger partial charge in [-0.3, -0.25) is 0 Å². The van der Waals surface area contributed by atoms with Crippen LogP contribution in [0.4, 0.5) is 0 Å². The molecular formula is C8H10N2O2S. The van der Waals surface area contributed by atoms with Crippen LogP contribution in [0.5, 0.6) is 0 Å². The average Bonchev–Trinajstić information content (AvgIpc) is 2.15. The summed E-state index contributed by atoms with van der Waals surface area (Å²) in [5.41, 5.74) is 0.230. The third-order valence-electron chi connectivity index (χ3n) is 1.36. The highest BCUT2D eigenvalue weighted by atomic mass is 32.2. The molecule has 4 nitrogen and oxygen atoms in total. The number of aromatic nitrogens is 2. The van der Waals surface area contributed by atoms with Gasteiger partial charge < -0.3 is 5.11 Å². The van der Waals surface area contributed by atoms with E-state index in [4.69, 9.17) is 5.11 Å². The molecule has 13 heavy (non-hydrogen) atoms. The smallest absolute Gasteiger partial charge is 0.338 e. The van der Waals surface area contributed by atoms with Gasteiger partial charge in [0.15, 0.2) is 0 Å². The zero-order valence-electron chi connectivity index (χ0n) is 7.23. The van der Waals surface area contributed by atoms with Gasteiger partial charge in [-0.15, -0.1) is 16.9 Å². The molecule has 70 valence electrons. The summed E-state index contributed by atoms with van der Waals surface area (Å²) in [5, 5.41) is 16.7. The van der Waals surface area contributed by atoms with Crippen LogP contribution in [0.2, 0.25) is 0 Å². The van der Waals surface area contributed by atoms with Crippen molar-refractivity contribution in [3.05, 3.63) is 17.8 Å². The molecule has 0 saturated carbocycles. The van der Waals surface area contributed by atoms with E-state index in [9.17, 15) is 4.79 Å². The van der Waals surface area contributed by atoms with Crippen LogP contribution in [0.15, 0.2) is 17.3 Å². The number of carbonyl (C=O) groups is 1. The molecule has 1 heterocycles. The summed E-state index contributed by atoms with van der Waals surface area (Å²) < 4.78 is 0. The van der Waals surface area contributed by atoms with Crippen molar-refractivity contribution in [1.82, 2.24) is 10.2 Å². The van der Waals surface area contributed by atoms with E-state index in [1.807, 2.05) is 6.92 Å². The molecule has 0 aromatic carbocycles. The normalized spacial score (nSPS) is 9.92. The second kappa shape index (κ2) is 4.81. The fraction of sp³-hybridized carbons (Fsp3) is 0.375. The van der Waals surface area contributed by atoms with E-state index in [1.54, 1.807) is 0 Å². The molecule has 0 bridgehead atoms. The maximum absolute atomic E-state index is 10.7. The van der Waals surface area contributed by atoms with Gasteiger partial charge >= 0.3 is 5.97 Å². The summed E-state index contributed by atoms with van der Waals surface area (Å²) in [6.45, 7) is 2.03. The van der Waals surface area contributed by atoms with Crippen molar-refractivity contribution in [1.29, 1.82) is 0 Å². The first kappa shape index (κ1) is 9.98. The van der Waals surface area contributed by atoms with E-state index in [1.165, 1.54) is 24.0 Å². The van der Waals surface area contributed by atoms with Crippen molar-refractivity contribution in [2.45, 2.75) is 18.4 Å². The van der Waals surface area contributed by atoms with Crippen LogP contribution in [-0.4, -0.2) is 27.0 Å². The Morgan fingerprint density at radius 2 is 2.46 bits per heavy atom. The minimum absolute atomic E-state index is 0.230. The Hall–Kier alpha value is -1.10. The fourth-order valence-electron chi connectivity index (χ4n) is 0.787. The molecule has 0 saturated heterocycles. The fourth-order valence-corrected chi connectivity index (χ4v) is 1.60. The zero-order valence-corrected chi connectivity index (χ0v) is 8.04. The van der Waals surface area contributed by atoms with E-state index >= 15 is 0 Å². The van der Waals surface area contributed by atoms with Gasteiger partial charge in [0.1, 0.15) is 5.03 Å². The zero-order chi connectivity index (χ0) is 9.68. The highest BCUT2D eigenvalue weighted by molar-refractivity contribution is 7.99. The summed E-state index contributed by atoms with van der Waals surface area (Å²) in [4.78, 5) is 10.7. The first-order valence-electron chi connectivity index (χ1n) is 3.93. The quantitative estimate of drug-likeness (QED) is 0.746. The molecule has 1 rings (SSSR count). The number of carboxylic acids is 1. The minimum atomic E-state index is -0.950. The van der Waals surface area contributed by atoms with Gasteiger partial charge in [-0.1, -0.05) is 6.92 Å². The Balaban J connectivity index is 2.84. The third-order valence-corrected chi connectivity index (χ3v) is 2.55. The third kappa shape index (κ3) is 2.69. The number of rotatable bonds is 4. The van der Waals surface area contributed by atoms with Gasteiger partial charge in [0.2, 0.25) is 0 Å². The van der Waals surface area contributed by atoms with Gasteiger partial charge in [-0.2, -0.15) is 5.10 Å². The number of nitrogens with zero attached hydrogens (tertiary/aromatic N) is 2. The first-order valence-corrected chi connectivity index (χ1v) is 4.92. The molecule has 0 unspecified atom stereocenters. The molecule has 0 fully saturated rings. The van der Waals surface area contributed by atoms with E-state index in [-0.39, 0.29) is 5.56 Å². The van der Waals surface area contributed by atoms with Gasteiger partial charge in [0.25, 0.3) is 0 Å². The van der Waals surface area contributed by atoms with E-state index in [0.717, 1.165) is 12.2 Å². The van der Waals surface area contributed by atoms with E-state index < -0.39 is 5.97 Å². The van der Waals surface area contributed by atoms with Crippen LogP contribution in [-0.2, 0) is 0 Å². The summed E-state index contributed by atoms with van der Waals surface area (Å²) in [6, 6.07) is 1.47. The van der Waals surface area contributed by atoms with Gasteiger partial charge in [-0.25, -0.2) is 4.79 Å². The Morgan fingerprint density at radius 1 is 1.69 bits per heavy atom. The standard InChI is InChI=1S/C8H10N2O2S/c1-2-5-13-7-6(8(11)12)3-4-9-10-7/h3-4H,2,5H2,1H3,(H,11,12). The number of thioether (sulfide) groups is 1. The lowest BCUT2D eigenvalue weighted by Gasteiger charge is -2.00. The maximum atomic E-state index is 10.7. The lowest BCUT2D eigenvalue weighted by Crippen LogP contribution is -2.01. The van der Waals surface area contributed by atoms with Crippen LogP contribution in [0.1, 0.15) is 23.7 Å². The van der Waals surface area contributed by atoms with Crippen molar-refractivity contribution >= 4 is 17.7 Å². The summed E-state index contributed by atoms with van der Waals surface area (Å²) >= 11 is 1.42. The number of carboxylic acid groups (broad SMARTS) is 1. The molecule has 0 spiro atoms. The lowest BCUT2D eigenvalue weighted by molar-refractivity contribution is 0.0692. The summed E-state index contributed by atoms with van der Waals surface area (Å²) in [7, 11) is 0. The highest BCUT2D eigenvalue weighted by Crippen LogP contribution is 2.19. The van der Waals surface area contributed by atoms with Crippen LogP contribution in [0.3, 0.4) is 0 Å². The topological polar surface area (TPSA) is 63.1 Å². The van der Waals surface area contributed by atoms with E-state index in [2.05, 4.69) is 10.2 Å². The maximum Gasteiger partial charge on any atom is 0.338 e. The van der Waals surface area contributed by atoms with Gasteiger partial charge in [0, 0.05) is 0 Å². The Kier molecular flexibility index (Phi) is 3.70. The monoisotopic (exact) mass is 198 g/mol. The second-order valence-electron chi connectivity index (χ2n) is 2.40. The highest BCUT2D eigenvalue weighted by Gasteiger charge is 2.10. The first-order chi connectivity index (χ1) is 6.25. The molecule has 5 heteroatoms. The molecule has 0 amide bonds. The van der Waals surface area contributed by atoms with E-state index in [0.29, 0.717) is 5.03 Å². The van der Waals surface area contributed by atoms with Gasteiger partial charge in [0.05, 0.1) is 11.8 Å². The molecule has 0 aliphatic heterocycles.